The summed E-state index contributed by atoms with van der Waals surface area (Å²) in [5, 5.41) is 9.12. The summed E-state index contributed by atoms with van der Waals surface area (Å²) in [6.45, 7) is 3.11. The normalized spacial score (nSPS) is 17.8. The van der Waals surface area contributed by atoms with Crippen molar-refractivity contribution >= 4 is 5.97 Å². The van der Waals surface area contributed by atoms with Gasteiger partial charge in [-0.3, -0.25) is 9.69 Å². The Morgan fingerprint density at radius 1 is 1.15 bits per heavy atom. The molecule has 2 aromatic carbocycles. The second kappa shape index (κ2) is 9.36. The van der Waals surface area contributed by atoms with Crippen molar-refractivity contribution in [1.82, 2.24) is 4.90 Å². The Bertz CT molecular complexity index is 704. The van der Waals surface area contributed by atoms with Crippen LogP contribution in [0.25, 0.3) is 0 Å². The molecule has 1 saturated heterocycles. The van der Waals surface area contributed by atoms with Crippen molar-refractivity contribution in [2.75, 3.05) is 26.4 Å². The zero-order chi connectivity index (χ0) is 18.2. The summed E-state index contributed by atoms with van der Waals surface area (Å²) < 4.78 is 11.5. The first-order chi connectivity index (χ1) is 12.7. The van der Waals surface area contributed by atoms with Crippen LogP contribution in [0.15, 0.2) is 54.6 Å². The van der Waals surface area contributed by atoms with Gasteiger partial charge in [0.15, 0.2) is 0 Å². The van der Waals surface area contributed by atoms with Crippen molar-refractivity contribution in [3.8, 4) is 5.75 Å². The van der Waals surface area contributed by atoms with Gasteiger partial charge in [-0.1, -0.05) is 48.5 Å². The van der Waals surface area contributed by atoms with Crippen LogP contribution in [0.3, 0.4) is 0 Å². The Morgan fingerprint density at radius 3 is 2.73 bits per heavy atom. The Balaban J connectivity index is 1.61. The van der Waals surface area contributed by atoms with Crippen molar-refractivity contribution in [2.45, 2.75) is 25.4 Å². The molecule has 0 amide bonds. The molecule has 0 spiro atoms. The summed E-state index contributed by atoms with van der Waals surface area (Å²) in [4.78, 5) is 13.3. The fourth-order valence-corrected chi connectivity index (χ4v) is 3.20. The molecular formula is C21H25NO4. The highest BCUT2D eigenvalue weighted by atomic mass is 16.5. The van der Waals surface area contributed by atoms with Crippen LogP contribution in [0.2, 0.25) is 0 Å². The molecule has 26 heavy (non-hydrogen) atoms. The second-order valence-electron chi connectivity index (χ2n) is 6.49. The summed E-state index contributed by atoms with van der Waals surface area (Å²) in [5.41, 5.74) is 2.33. The Morgan fingerprint density at radius 2 is 1.92 bits per heavy atom. The smallest absolute Gasteiger partial charge is 0.305 e. The number of aliphatic carboxylic acids is 1. The zero-order valence-electron chi connectivity index (χ0n) is 14.8. The molecule has 1 aliphatic heterocycles. The van der Waals surface area contributed by atoms with E-state index in [0.29, 0.717) is 26.4 Å². The van der Waals surface area contributed by atoms with Crippen molar-refractivity contribution in [3.05, 3.63) is 65.7 Å². The van der Waals surface area contributed by atoms with Gasteiger partial charge < -0.3 is 14.6 Å². The van der Waals surface area contributed by atoms with Crippen molar-refractivity contribution in [1.29, 1.82) is 0 Å². The van der Waals surface area contributed by atoms with E-state index in [1.165, 1.54) is 5.56 Å². The minimum absolute atomic E-state index is 0.0943. The minimum Gasteiger partial charge on any atom is -0.493 e. The average molecular weight is 355 g/mol. The SMILES string of the molecule is O=C(O)C[C@H]1COCCN1Cc1ccccc1OCCc1ccccc1. The number of nitrogens with zero attached hydrogens (tertiary/aromatic N) is 1. The summed E-state index contributed by atoms with van der Waals surface area (Å²) in [6, 6.07) is 18.2. The Kier molecular flexibility index (Phi) is 6.63. The van der Waals surface area contributed by atoms with E-state index >= 15 is 0 Å². The van der Waals surface area contributed by atoms with E-state index in [0.717, 1.165) is 24.3 Å². The Labute approximate surface area is 154 Å². The molecule has 1 aliphatic rings. The molecule has 0 aromatic heterocycles. The lowest BCUT2D eigenvalue weighted by Gasteiger charge is -2.35. The van der Waals surface area contributed by atoms with Gasteiger partial charge in [-0.25, -0.2) is 0 Å². The molecule has 0 unspecified atom stereocenters. The van der Waals surface area contributed by atoms with E-state index in [2.05, 4.69) is 17.0 Å². The number of carbonyl (C=O) groups is 1. The third-order valence-corrected chi connectivity index (χ3v) is 4.60. The van der Waals surface area contributed by atoms with Crippen LogP contribution in [0.4, 0.5) is 0 Å². The minimum atomic E-state index is -0.794. The number of ether oxygens (including phenoxy) is 2. The quantitative estimate of drug-likeness (QED) is 0.789. The first-order valence-electron chi connectivity index (χ1n) is 9.00. The van der Waals surface area contributed by atoms with Crippen LogP contribution in [0.5, 0.6) is 5.75 Å². The number of carboxylic acid groups (broad SMARTS) is 1. The van der Waals surface area contributed by atoms with Gasteiger partial charge in [0.1, 0.15) is 5.75 Å². The van der Waals surface area contributed by atoms with Crippen LogP contribution in [0, 0.1) is 0 Å². The average Bonchev–Trinajstić information content (AvgIpc) is 2.65. The molecule has 1 fully saturated rings. The highest BCUT2D eigenvalue weighted by Gasteiger charge is 2.26. The lowest BCUT2D eigenvalue weighted by Crippen LogP contribution is -2.45. The lowest BCUT2D eigenvalue weighted by atomic mass is 10.1. The molecule has 1 N–H and O–H groups in total. The molecular weight excluding hydrogens is 330 g/mol. The van der Waals surface area contributed by atoms with Crippen LogP contribution < -0.4 is 4.74 Å². The van der Waals surface area contributed by atoms with Gasteiger partial charge in [0.05, 0.1) is 26.2 Å². The summed E-state index contributed by atoms with van der Waals surface area (Å²) in [6.07, 6.45) is 0.950. The fraction of sp³-hybridized carbons (Fsp3) is 0.381. The van der Waals surface area contributed by atoms with E-state index in [9.17, 15) is 4.79 Å². The molecule has 0 saturated carbocycles. The van der Waals surface area contributed by atoms with Gasteiger partial charge in [-0.05, 0) is 11.6 Å². The summed E-state index contributed by atoms with van der Waals surface area (Å²) in [5.74, 6) is 0.0712. The largest absolute Gasteiger partial charge is 0.493 e. The number of hydrogen-bond acceptors (Lipinski definition) is 4. The standard InChI is InChI=1S/C21H25NO4/c23-21(24)14-19-16-25-13-11-22(19)15-18-8-4-5-9-20(18)26-12-10-17-6-2-1-3-7-17/h1-9,19H,10-16H2,(H,23,24)/t19-/m0/s1. The number of hydrogen-bond donors (Lipinski definition) is 1. The van der Waals surface area contributed by atoms with Crippen molar-refractivity contribution in [3.63, 3.8) is 0 Å². The third kappa shape index (κ3) is 5.31. The number of para-hydroxylation sites is 1. The summed E-state index contributed by atoms with van der Waals surface area (Å²) >= 11 is 0. The molecule has 2 aromatic rings. The van der Waals surface area contributed by atoms with E-state index in [4.69, 9.17) is 14.6 Å². The number of morpholine rings is 1. The summed E-state index contributed by atoms with van der Waals surface area (Å²) in [7, 11) is 0. The van der Waals surface area contributed by atoms with Crippen LogP contribution in [-0.4, -0.2) is 48.4 Å². The van der Waals surface area contributed by atoms with Gasteiger partial charge in [0.2, 0.25) is 0 Å². The maximum Gasteiger partial charge on any atom is 0.305 e. The number of carboxylic acids is 1. The Hall–Kier alpha value is -2.37. The molecule has 138 valence electrons. The lowest BCUT2D eigenvalue weighted by molar-refractivity contribution is -0.140. The molecule has 3 rings (SSSR count). The molecule has 1 atom stereocenters. The first-order valence-corrected chi connectivity index (χ1v) is 9.00. The molecule has 0 bridgehead atoms. The van der Waals surface area contributed by atoms with Crippen LogP contribution >= 0.6 is 0 Å². The molecule has 5 heteroatoms. The molecule has 0 radical (unpaired) electrons. The zero-order valence-corrected chi connectivity index (χ0v) is 14.8. The first kappa shape index (κ1) is 18.4. The van der Waals surface area contributed by atoms with Gasteiger partial charge >= 0.3 is 5.97 Å². The van der Waals surface area contributed by atoms with Crippen LogP contribution in [-0.2, 0) is 22.5 Å². The third-order valence-electron chi connectivity index (χ3n) is 4.60. The van der Waals surface area contributed by atoms with Crippen molar-refractivity contribution < 1.29 is 19.4 Å². The van der Waals surface area contributed by atoms with Crippen LogP contribution in [0.1, 0.15) is 17.5 Å². The van der Waals surface area contributed by atoms with E-state index in [1.54, 1.807) is 0 Å². The van der Waals surface area contributed by atoms with E-state index < -0.39 is 5.97 Å². The highest BCUT2D eigenvalue weighted by Crippen LogP contribution is 2.23. The molecule has 0 aliphatic carbocycles. The number of benzene rings is 2. The highest BCUT2D eigenvalue weighted by molar-refractivity contribution is 5.67. The molecule has 1 heterocycles. The number of rotatable bonds is 8. The van der Waals surface area contributed by atoms with Gasteiger partial charge in [0, 0.05) is 31.1 Å². The van der Waals surface area contributed by atoms with Gasteiger partial charge in [0.25, 0.3) is 0 Å². The maximum atomic E-state index is 11.1. The van der Waals surface area contributed by atoms with Gasteiger partial charge in [-0.15, -0.1) is 0 Å². The maximum absolute atomic E-state index is 11.1. The predicted octanol–water partition coefficient (Wildman–Crippen LogP) is 2.98. The fourth-order valence-electron chi connectivity index (χ4n) is 3.20. The van der Waals surface area contributed by atoms with Crippen molar-refractivity contribution in [2.24, 2.45) is 0 Å². The topological polar surface area (TPSA) is 59.0 Å². The monoisotopic (exact) mass is 355 g/mol. The van der Waals surface area contributed by atoms with E-state index in [-0.39, 0.29) is 12.5 Å². The predicted molar refractivity (Wildman–Crippen MR) is 99.4 cm³/mol. The van der Waals surface area contributed by atoms with Gasteiger partial charge in [-0.2, -0.15) is 0 Å². The van der Waals surface area contributed by atoms with E-state index in [1.807, 2.05) is 42.5 Å². The molecule has 5 nitrogen and oxygen atoms in total. The second-order valence-corrected chi connectivity index (χ2v) is 6.49.